The number of rotatable bonds is 6. The predicted molar refractivity (Wildman–Crippen MR) is 107 cm³/mol. The molecule has 1 saturated heterocycles. The lowest BCUT2D eigenvalue weighted by molar-refractivity contribution is 0.145. The maximum absolute atomic E-state index is 9.69. The van der Waals surface area contributed by atoms with Gasteiger partial charge in [0.15, 0.2) is 0 Å². The molecule has 0 radical (unpaired) electrons. The standard InChI is InChI=1S/C19H22BrClN2O2/c20-16-13-14(21)5-6-19(16)25-12-9-22-17-3-1-2-4-18(17)23-10-7-15(24)8-11-23/h1-6,13,15,22,24H,7-12H2. The van der Waals surface area contributed by atoms with Crippen molar-refractivity contribution in [3.63, 3.8) is 0 Å². The van der Waals surface area contributed by atoms with E-state index in [1.54, 1.807) is 0 Å². The van der Waals surface area contributed by atoms with Crippen molar-refractivity contribution in [2.45, 2.75) is 18.9 Å². The number of benzene rings is 2. The van der Waals surface area contributed by atoms with E-state index in [1.807, 2.05) is 30.3 Å². The Kier molecular flexibility index (Phi) is 6.45. The van der Waals surface area contributed by atoms with Gasteiger partial charge in [0.2, 0.25) is 0 Å². The van der Waals surface area contributed by atoms with Gasteiger partial charge in [0.05, 0.1) is 22.0 Å². The minimum atomic E-state index is -0.164. The van der Waals surface area contributed by atoms with Crippen molar-refractivity contribution >= 4 is 38.9 Å². The second-order valence-electron chi connectivity index (χ2n) is 6.09. The lowest BCUT2D eigenvalue weighted by Gasteiger charge is -2.33. The number of para-hydroxylation sites is 2. The highest BCUT2D eigenvalue weighted by Gasteiger charge is 2.19. The van der Waals surface area contributed by atoms with Crippen LogP contribution in [-0.4, -0.2) is 37.5 Å². The van der Waals surface area contributed by atoms with Crippen molar-refractivity contribution in [3.8, 4) is 5.75 Å². The van der Waals surface area contributed by atoms with E-state index in [2.05, 4.69) is 38.3 Å². The molecule has 25 heavy (non-hydrogen) atoms. The zero-order valence-corrected chi connectivity index (χ0v) is 16.3. The average molecular weight is 426 g/mol. The van der Waals surface area contributed by atoms with Crippen LogP contribution in [0.15, 0.2) is 46.9 Å². The van der Waals surface area contributed by atoms with Gasteiger partial charge in [-0.2, -0.15) is 0 Å². The lowest BCUT2D eigenvalue weighted by Crippen LogP contribution is -2.36. The largest absolute Gasteiger partial charge is 0.491 e. The molecule has 0 atom stereocenters. The highest BCUT2D eigenvalue weighted by Crippen LogP contribution is 2.29. The average Bonchev–Trinajstić information content (AvgIpc) is 2.61. The second kappa shape index (κ2) is 8.79. The number of halogens is 2. The molecule has 0 aromatic heterocycles. The van der Waals surface area contributed by atoms with Crippen LogP contribution in [-0.2, 0) is 0 Å². The van der Waals surface area contributed by atoms with Gasteiger partial charge in [-0.1, -0.05) is 23.7 Å². The van der Waals surface area contributed by atoms with E-state index < -0.39 is 0 Å². The quantitative estimate of drug-likeness (QED) is 0.666. The first-order valence-corrected chi connectivity index (χ1v) is 9.64. The van der Waals surface area contributed by atoms with Gasteiger partial charge in [0.25, 0.3) is 0 Å². The molecule has 2 aromatic rings. The molecular weight excluding hydrogens is 404 g/mol. The van der Waals surface area contributed by atoms with E-state index in [9.17, 15) is 5.11 Å². The van der Waals surface area contributed by atoms with E-state index in [0.29, 0.717) is 18.2 Å². The molecule has 0 amide bonds. The second-order valence-corrected chi connectivity index (χ2v) is 7.38. The van der Waals surface area contributed by atoms with Gasteiger partial charge in [0.1, 0.15) is 12.4 Å². The summed E-state index contributed by atoms with van der Waals surface area (Å²) in [5.74, 6) is 0.782. The Hall–Kier alpha value is -1.43. The van der Waals surface area contributed by atoms with E-state index in [4.69, 9.17) is 16.3 Å². The minimum Gasteiger partial charge on any atom is -0.491 e. The molecule has 0 aliphatic carbocycles. The zero-order chi connectivity index (χ0) is 17.6. The SMILES string of the molecule is OC1CCN(c2ccccc2NCCOc2ccc(Cl)cc2Br)CC1. The Morgan fingerprint density at radius 1 is 1.20 bits per heavy atom. The highest BCUT2D eigenvalue weighted by molar-refractivity contribution is 9.10. The first-order valence-electron chi connectivity index (χ1n) is 8.47. The Balaban J connectivity index is 1.55. The fourth-order valence-electron chi connectivity index (χ4n) is 2.94. The van der Waals surface area contributed by atoms with Crippen LogP contribution in [0.4, 0.5) is 11.4 Å². The summed E-state index contributed by atoms with van der Waals surface area (Å²) < 4.78 is 6.65. The van der Waals surface area contributed by atoms with Gasteiger partial charge < -0.3 is 20.1 Å². The normalized spacial score (nSPS) is 15.2. The van der Waals surface area contributed by atoms with Crippen molar-refractivity contribution in [2.24, 2.45) is 0 Å². The van der Waals surface area contributed by atoms with Crippen molar-refractivity contribution < 1.29 is 9.84 Å². The number of hydrogen-bond donors (Lipinski definition) is 2. The number of piperidine rings is 1. The Bertz CT molecular complexity index is 706. The summed E-state index contributed by atoms with van der Waals surface area (Å²) in [4.78, 5) is 2.33. The lowest BCUT2D eigenvalue weighted by atomic mass is 10.1. The van der Waals surface area contributed by atoms with Crippen LogP contribution < -0.4 is 15.0 Å². The summed E-state index contributed by atoms with van der Waals surface area (Å²) in [5.41, 5.74) is 2.28. The maximum atomic E-state index is 9.69. The van der Waals surface area contributed by atoms with Crippen LogP contribution in [0.3, 0.4) is 0 Å². The van der Waals surface area contributed by atoms with E-state index >= 15 is 0 Å². The van der Waals surface area contributed by atoms with E-state index in [1.165, 1.54) is 5.69 Å². The van der Waals surface area contributed by atoms with Crippen LogP contribution >= 0.6 is 27.5 Å². The molecule has 1 fully saturated rings. The molecule has 4 nitrogen and oxygen atoms in total. The van der Waals surface area contributed by atoms with Crippen molar-refractivity contribution in [2.75, 3.05) is 36.5 Å². The Labute approximate surface area is 161 Å². The smallest absolute Gasteiger partial charge is 0.133 e. The van der Waals surface area contributed by atoms with Crippen LogP contribution in [0.25, 0.3) is 0 Å². The molecule has 1 heterocycles. The molecule has 0 spiro atoms. The maximum Gasteiger partial charge on any atom is 0.133 e. The molecule has 2 N–H and O–H groups in total. The third kappa shape index (κ3) is 5.03. The summed E-state index contributed by atoms with van der Waals surface area (Å²) in [5, 5.41) is 13.8. The highest BCUT2D eigenvalue weighted by atomic mass is 79.9. The number of ether oxygens (including phenoxy) is 1. The molecule has 1 aliphatic heterocycles. The van der Waals surface area contributed by atoms with Gasteiger partial charge in [0, 0.05) is 24.7 Å². The monoisotopic (exact) mass is 424 g/mol. The van der Waals surface area contributed by atoms with Crippen molar-refractivity contribution in [1.82, 2.24) is 0 Å². The molecule has 0 saturated carbocycles. The number of hydrogen-bond acceptors (Lipinski definition) is 4. The van der Waals surface area contributed by atoms with Gasteiger partial charge >= 0.3 is 0 Å². The van der Waals surface area contributed by atoms with Crippen molar-refractivity contribution in [3.05, 3.63) is 52.0 Å². The summed E-state index contributed by atoms with van der Waals surface area (Å²) in [6, 6.07) is 13.8. The summed E-state index contributed by atoms with van der Waals surface area (Å²) >= 11 is 9.40. The van der Waals surface area contributed by atoms with E-state index in [0.717, 1.165) is 41.8 Å². The molecule has 0 unspecified atom stereocenters. The topological polar surface area (TPSA) is 44.7 Å². The van der Waals surface area contributed by atoms with E-state index in [-0.39, 0.29) is 6.10 Å². The van der Waals surface area contributed by atoms with Crippen LogP contribution in [0, 0.1) is 0 Å². The first-order chi connectivity index (χ1) is 12.1. The molecule has 6 heteroatoms. The van der Waals surface area contributed by atoms with Gasteiger partial charge in [-0.3, -0.25) is 0 Å². The predicted octanol–water partition coefficient (Wildman–Crippen LogP) is 4.55. The van der Waals surface area contributed by atoms with Gasteiger partial charge in [-0.05, 0) is 59.1 Å². The molecular formula is C19H22BrClN2O2. The Morgan fingerprint density at radius 3 is 2.72 bits per heavy atom. The number of aliphatic hydroxyl groups is 1. The fraction of sp³-hybridized carbons (Fsp3) is 0.368. The van der Waals surface area contributed by atoms with Crippen LogP contribution in [0.2, 0.25) is 5.02 Å². The Morgan fingerprint density at radius 2 is 1.96 bits per heavy atom. The van der Waals surface area contributed by atoms with Crippen LogP contribution in [0.5, 0.6) is 5.75 Å². The number of nitrogens with zero attached hydrogens (tertiary/aromatic N) is 1. The molecule has 134 valence electrons. The molecule has 3 rings (SSSR count). The third-order valence-electron chi connectivity index (χ3n) is 4.28. The van der Waals surface area contributed by atoms with Gasteiger partial charge in [-0.15, -0.1) is 0 Å². The molecule has 2 aromatic carbocycles. The zero-order valence-electron chi connectivity index (χ0n) is 13.9. The summed E-state index contributed by atoms with van der Waals surface area (Å²) in [7, 11) is 0. The fourth-order valence-corrected chi connectivity index (χ4v) is 3.74. The van der Waals surface area contributed by atoms with Gasteiger partial charge in [-0.25, -0.2) is 0 Å². The minimum absolute atomic E-state index is 0.164. The van der Waals surface area contributed by atoms with Crippen LogP contribution in [0.1, 0.15) is 12.8 Å². The molecule has 0 bridgehead atoms. The third-order valence-corrected chi connectivity index (χ3v) is 5.13. The number of aliphatic hydroxyl groups excluding tert-OH is 1. The summed E-state index contributed by atoms with van der Waals surface area (Å²) in [6.45, 7) is 3.01. The number of anilines is 2. The van der Waals surface area contributed by atoms with Crippen molar-refractivity contribution in [1.29, 1.82) is 0 Å². The summed E-state index contributed by atoms with van der Waals surface area (Å²) in [6.07, 6.45) is 1.48. The first kappa shape index (κ1) is 18.4. The number of nitrogens with one attached hydrogen (secondary N) is 1. The molecule has 1 aliphatic rings.